The number of ketones is 1. The second-order valence-corrected chi connectivity index (χ2v) is 6.16. The number of benzene rings is 1. The summed E-state index contributed by atoms with van der Waals surface area (Å²) in [7, 11) is 1.49. The molecule has 0 radical (unpaired) electrons. The Morgan fingerprint density at radius 1 is 1.32 bits per heavy atom. The minimum Gasteiger partial charge on any atom is -0.454 e. The highest BCUT2D eigenvalue weighted by Crippen LogP contribution is 2.32. The lowest BCUT2D eigenvalue weighted by atomic mass is 10.1. The Hall–Kier alpha value is -2.88. The zero-order chi connectivity index (χ0) is 17.7. The third-order valence-corrected chi connectivity index (χ3v) is 4.56. The predicted molar refractivity (Wildman–Crippen MR) is 90.2 cm³/mol. The van der Waals surface area contributed by atoms with Gasteiger partial charge in [0.05, 0.1) is 6.54 Å². The number of halogens is 1. The maximum atomic E-state index is 12.6. The molecule has 1 aromatic carbocycles. The fraction of sp³-hybridized carbons (Fsp3) is 0.200. The molecule has 0 amide bonds. The Morgan fingerprint density at radius 3 is 2.88 bits per heavy atom. The van der Waals surface area contributed by atoms with Gasteiger partial charge in [0.2, 0.25) is 6.79 Å². The van der Waals surface area contributed by atoms with Crippen molar-refractivity contribution in [2.75, 3.05) is 6.79 Å². The average Bonchev–Trinajstić information content (AvgIpc) is 3.17. The summed E-state index contributed by atoms with van der Waals surface area (Å²) in [6, 6.07) is 4.88. The molecule has 9 nitrogen and oxygen atoms in total. The number of nitrogens with one attached hydrogen (secondary N) is 1. The van der Waals surface area contributed by atoms with Gasteiger partial charge in [0.25, 0.3) is 5.56 Å². The molecule has 10 heteroatoms. The van der Waals surface area contributed by atoms with E-state index in [1.165, 1.54) is 16.2 Å². The first-order chi connectivity index (χ1) is 12.0. The van der Waals surface area contributed by atoms with E-state index in [9.17, 15) is 14.4 Å². The number of hydrogen-bond donors (Lipinski definition) is 1. The van der Waals surface area contributed by atoms with Crippen molar-refractivity contribution < 1.29 is 14.3 Å². The maximum Gasteiger partial charge on any atom is 0.329 e. The molecule has 0 spiro atoms. The van der Waals surface area contributed by atoms with Gasteiger partial charge in [0, 0.05) is 12.6 Å². The number of aromatic nitrogens is 4. The van der Waals surface area contributed by atoms with Gasteiger partial charge in [0.1, 0.15) is 0 Å². The van der Waals surface area contributed by atoms with E-state index in [0.29, 0.717) is 17.1 Å². The third kappa shape index (κ3) is 2.45. The number of aryl methyl sites for hydroxylation is 1. The van der Waals surface area contributed by atoms with Gasteiger partial charge in [-0.05, 0) is 34.1 Å². The number of carbonyl (C=O) groups is 1. The van der Waals surface area contributed by atoms with Crippen LogP contribution in [0.3, 0.4) is 0 Å². The molecule has 0 bridgehead atoms. The molecule has 1 aliphatic heterocycles. The van der Waals surface area contributed by atoms with E-state index in [0.717, 1.165) is 0 Å². The lowest BCUT2D eigenvalue weighted by Crippen LogP contribution is -2.29. The molecule has 3 aromatic rings. The van der Waals surface area contributed by atoms with Crippen LogP contribution in [-0.2, 0) is 13.6 Å². The molecular formula is C15H11BrN4O5. The van der Waals surface area contributed by atoms with Crippen LogP contribution >= 0.6 is 15.9 Å². The van der Waals surface area contributed by atoms with Crippen molar-refractivity contribution >= 4 is 32.9 Å². The molecule has 0 saturated heterocycles. The number of hydrogen-bond acceptors (Lipinski definition) is 6. The van der Waals surface area contributed by atoms with Gasteiger partial charge in [-0.2, -0.15) is 0 Å². The van der Waals surface area contributed by atoms with Gasteiger partial charge >= 0.3 is 5.69 Å². The summed E-state index contributed by atoms with van der Waals surface area (Å²) < 4.78 is 13.4. The SMILES string of the molecule is Cn1c(=O)[nH]c(=O)c2c1nc(Br)n2CC(=O)c1ccc2c(c1)OCO2. The van der Waals surface area contributed by atoms with Gasteiger partial charge < -0.3 is 14.0 Å². The molecule has 128 valence electrons. The maximum absolute atomic E-state index is 12.6. The Kier molecular flexibility index (Phi) is 3.49. The molecule has 25 heavy (non-hydrogen) atoms. The van der Waals surface area contributed by atoms with Crippen LogP contribution in [0.1, 0.15) is 10.4 Å². The van der Waals surface area contributed by atoms with Crippen LogP contribution in [-0.4, -0.2) is 31.7 Å². The number of carbonyl (C=O) groups excluding carboxylic acids is 1. The minimum atomic E-state index is -0.602. The van der Waals surface area contributed by atoms with E-state index in [1.807, 2.05) is 0 Å². The van der Waals surface area contributed by atoms with Crippen molar-refractivity contribution in [1.82, 2.24) is 19.1 Å². The van der Waals surface area contributed by atoms with E-state index in [1.54, 1.807) is 18.2 Å². The van der Waals surface area contributed by atoms with E-state index in [2.05, 4.69) is 25.9 Å². The number of fused-ring (bicyclic) bond motifs is 2. The largest absolute Gasteiger partial charge is 0.454 e. The summed E-state index contributed by atoms with van der Waals surface area (Å²) in [5.41, 5.74) is -0.423. The normalized spacial score (nSPS) is 12.7. The van der Waals surface area contributed by atoms with E-state index >= 15 is 0 Å². The number of ether oxygens (including phenoxy) is 2. The zero-order valence-corrected chi connectivity index (χ0v) is 14.5. The first kappa shape index (κ1) is 15.6. The van der Waals surface area contributed by atoms with Crippen LogP contribution in [0.25, 0.3) is 11.2 Å². The highest BCUT2D eigenvalue weighted by molar-refractivity contribution is 9.10. The number of aromatic amines is 1. The van der Waals surface area contributed by atoms with Crippen LogP contribution in [0.4, 0.5) is 0 Å². The van der Waals surface area contributed by atoms with Crippen molar-refractivity contribution in [3.63, 3.8) is 0 Å². The molecule has 0 saturated carbocycles. The predicted octanol–water partition coefficient (Wildman–Crippen LogP) is 0.797. The number of Topliss-reactive ketones (excluding diaryl/α,β-unsaturated/α-hetero) is 1. The van der Waals surface area contributed by atoms with Crippen molar-refractivity contribution in [2.24, 2.45) is 7.05 Å². The molecule has 4 rings (SSSR count). The van der Waals surface area contributed by atoms with Crippen molar-refractivity contribution in [1.29, 1.82) is 0 Å². The molecule has 0 fully saturated rings. The molecular weight excluding hydrogens is 396 g/mol. The number of H-pyrrole nitrogens is 1. The molecule has 2 aromatic heterocycles. The molecule has 0 aliphatic carbocycles. The standard InChI is InChI=1S/C15H11BrN4O5/c1-19-12-11(13(22)18-15(19)23)20(14(16)17-12)5-8(21)7-2-3-9-10(4-7)25-6-24-9/h2-4H,5-6H2,1H3,(H,18,22,23). The number of rotatable bonds is 3. The van der Waals surface area contributed by atoms with Gasteiger partial charge in [-0.1, -0.05) is 0 Å². The first-order valence-corrected chi connectivity index (χ1v) is 8.03. The second-order valence-electron chi connectivity index (χ2n) is 5.45. The van der Waals surface area contributed by atoms with E-state index in [4.69, 9.17) is 9.47 Å². The Balaban J connectivity index is 1.77. The first-order valence-electron chi connectivity index (χ1n) is 7.23. The van der Waals surface area contributed by atoms with Gasteiger partial charge in [-0.25, -0.2) is 9.78 Å². The minimum absolute atomic E-state index is 0.119. The van der Waals surface area contributed by atoms with E-state index in [-0.39, 0.29) is 35.0 Å². The Labute approximate surface area is 147 Å². The molecule has 1 aliphatic rings. The van der Waals surface area contributed by atoms with Crippen LogP contribution in [0.5, 0.6) is 11.5 Å². The summed E-state index contributed by atoms with van der Waals surface area (Å²) in [5, 5.41) is 0. The van der Waals surface area contributed by atoms with Crippen LogP contribution < -0.4 is 20.7 Å². The lowest BCUT2D eigenvalue weighted by molar-refractivity contribution is 0.0972. The van der Waals surface area contributed by atoms with Crippen LogP contribution in [0, 0.1) is 0 Å². The fourth-order valence-electron chi connectivity index (χ4n) is 2.66. The Bertz CT molecular complexity index is 1140. The Morgan fingerprint density at radius 2 is 2.08 bits per heavy atom. The number of imidazole rings is 1. The van der Waals surface area contributed by atoms with Crippen LogP contribution in [0.15, 0.2) is 32.5 Å². The van der Waals surface area contributed by atoms with Crippen molar-refractivity contribution in [3.05, 3.63) is 49.3 Å². The van der Waals surface area contributed by atoms with Gasteiger partial charge in [-0.15, -0.1) is 0 Å². The number of nitrogens with zero attached hydrogens (tertiary/aromatic N) is 3. The molecule has 3 heterocycles. The van der Waals surface area contributed by atoms with Crippen LogP contribution in [0.2, 0.25) is 0 Å². The topological polar surface area (TPSA) is 108 Å². The van der Waals surface area contributed by atoms with Gasteiger partial charge in [0.15, 0.2) is 33.2 Å². The monoisotopic (exact) mass is 406 g/mol. The zero-order valence-electron chi connectivity index (χ0n) is 12.9. The van der Waals surface area contributed by atoms with Crippen molar-refractivity contribution in [3.8, 4) is 11.5 Å². The summed E-state index contributed by atoms with van der Waals surface area (Å²) >= 11 is 3.24. The fourth-order valence-corrected chi connectivity index (χ4v) is 3.13. The molecule has 0 unspecified atom stereocenters. The smallest absolute Gasteiger partial charge is 0.329 e. The quantitative estimate of drug-likeness (QED) is 0.508. The average molecular weight is 407 g/mol. The summed E-state index contributed by atoms with van der Waals surface area (Å²) in [5.74, 6) is 0.837. The third-order valence-electron chi connectivity index (χ3n) is 3.96. The van der Waals surface area contributed by atoms with E-state index < -0.39 is 11.2 Å². The highest BCUT2D eigenvalue weighted by atomic mass is 79.9. The lowest BCUT2D eigenvalue weighted by Gasteiger charge is -2.06. The summed E-state index contributed by atoms with van der Waals surface area (Å²) in [4.78, 5) is 42.8. The highest BCUT2D eigenvalue weighted by Gasteiger charge is 2.20. The molecule has 1 N–H and O–H groups in total. The molecule has 0 atom stereocenters. The summed E-state index contributed by atoms with van der Waals surface area (Å²) in [6.07, 6.45) is 0. The van der Waals surface area contributed by atoms with Gasteiger partial charge in [-0.3, -0.25) is 19.1 Å². The second kappa shape index (κ2) is 5.59. The summed E-state index contributed by atoms with van der Waals surface area (Å²) in [6.45, 7) is -0.00784. The van der Waals surface area contributed by atoms with Crippen molar-refractivity contribution in [2.45, 2.75) is 6.54 Å².